The highest BCUT2D eigenvalue weighted by Gasteiger charge is 2.16. The fourth-order valence-corrected chi connectivity index (χ4v) is 2.54. The van der Waals surface area contributed by atoms with Crippen molar-refractivity contribution in [1.82, 2.24) is 9.55 Å². The number of carboxylic acid groups (broad SMARTS) is 1. The Kier molecular flexibility index (Phi) is 5.55. The Morgan fingerprint density at radius 3 is 2.82 bits per heavy atom. The van der Waals surface area contributed by atoms with E-state index in [0.29, 0.717) is 5.92 Å². The van der Waals surface area contributed by atoms with E-state index in [9.17, 15) is 4.79 Å². The molecule has 1 aromatic heterocycles. The zero-order chi connectivity index (χ0) is 16.1. The van der Waals surface area contributed by atoms with Crippen LogP contribution in [0.4, 0.5) is 0 Å². The number of imidazole rings is 1. The number of fused-ring (bicyclic) bond motifs is 1. The van der Waals surface area contributed by atoms with E-state index in [4.69, 9.17) is 9.84 Å². The van der Waals surface area contributed by atoms with E-state index in [-0.39, 0.29) is 5.56 Å². The molecule has 1 heterocycles. The molecule has 0 saturated carbocycles. The van der Waals surface area contributed by atoms with Crippen LogP contribution in [0.2, 0.25) is 0 Å². The summed E-state index contributed by atoms with van der Waals surface area (Å²) in [6.07, 6.45) is 1.92. The maximum absolute atomic E-state index is 11.1. The van der Waals surface area contributed by atoms with E-state index < -0.39 is 5.97 Å². The van der Waals surface area contributed by atoms with Crippen molar-refractivity contribution in [3.8, 4) is 0 Å². The van der Waals surface area contributed by atoms with Crippen molar-refractivity contribution in [2.45, 2.75) is 46.1 Å². The lowest BCUT2D eigenvalue weighted by Crippen LogP contribution is -2.09. The zero-order valence-electron chi connectivity index (χ0n) is 13.5. The molecule has 0 radical (unpaired) electrons. The average Bonchev–Trinajstić information content (AvgIpc) is 2.88. The number of carbonyl (C=O) groups is 1. The molecule has 5 heteroatoms. The molecule has 22 heavy (non-hydrogen) atoms. The minimum atomic E-state index is -0.919. The molecule has 1 atom stereocenters. The molecular formula is C17H24N2O3. The number of carboxylic acids is 1. The Labute approximate surface area is 130 Å². The summed E-state index contributed by atoms with van der Waals surface area (Å²) in [5.41, 5.74) is 2.03. The van der Waals surface area contributed by atoms with E-state index in [0.717, 1.165) is 49.5 Å². The number of aromatic nitrogens is 2. The molecule has 1 N–H and O–H groups in total. The lowest BCUT2D eigenvalue weighted by molar-refractivity contribution is 0.0697. The molecule has 0 spiro atoms. The van der Waals surface area contributed by atoms with Crippen LogP contribution < -0.4 is 0 Å². The molecule has 0 amide bonds. The van der Waals surface area contributed by atoms with Gasteiger partial charge >= 0.3 is 5.97 Å². The molecule has 0 aliphatic rings. The summed E-state index contributed by atoms with van der Waals surface area (Å²) in [6.45, 7) is 8.57. The Balaban J connectivity index is 2.38. The average molecular weight is 304 g/mol. The molecule has 120 valence electrons. The zero-order valence-corrected chi connectivity index (χ0v) is 13.5. The largest absolute Gasteiger partial charge is 0.478 e. The molecule has 2 aromatic rings. The first-order valence-corrected chi connectivity index (χ1v) is 7.89. The molecule has 0 aliphatic carbocycles. The lowest BCUT2D eigenvalue weighted by Gasteiger charge is -2.13. The number of hydrogen-bond acceptors (Lipinski definition) is 3. The highest BCUT2D eigenvalue weighted by atomic mass is 16.5. The van der Waals surface area contributed by atoms with Gasteiger partial charge in [-0.1, -0.05) is 13.8 Å². The second-order valence-corrected chi connectivity index (χ2v) is 5.49. The smallest absolute Gasteiger partial charge is 0.335 e. The summed E-state index contributed by atoms with van der Waals surface area (Å²) in [7, 11) is 0. The van der Waals surface area contributed by atoms with Crippen molar-refractivity contribution in [2.24, 2.45) is 0 Å². The predicted molar refractivity (Wildman–Crippen MR) is 86.5 cm³/mol. The van der Waals surface area contributed by atoms with Crippen molar-refractivity contribution in [3.63, 3.8) is 0 Å². The second kappa shape index (κ2) is 7.40. The summed E-state index contributed by atoms with van der Waals surface area (Å²) in [6, 6.07) is 5.16. The van der Waals surface area contributed by atoms with Crippen molar-refractivity contribution < 1.29 is 14.6 Å². The predicted octanol–water partition coefficient (Wildman–Crippen LogP) is 3.67. The van der Waals surface area contributed by atoms with Gasteiger partial charge in [-0.15, -0.1) is 0 Å². The molecule has 1 aromatic carbocycles. The van der Waals surface area contributed by atoms with Crippen molar-refractivity contribution in [1.29, 1.82) is 0 Å². The number of aryl methyl sites for hydroxylation is 1. The maximum Gasteiger partial charge on any atom is 0.335 e. The number of benzene rings is 1. The molecule has 0 aliphatic heterocycles. The molecule has 5 nitrogen and oxygen atoms in total. The molecular weight excluding hydrogens is 280 g/mol. The van der Waals surface area contributed by atoms with Gasteiger partial charge in [-0.3, -0.25) is 0 Å². The van der Waals surface area contributed by atoms with Crippen molar-refractivity contribution in [3.05, 3.63) is 29.6 Å². The lowest BCUT2D eigenvalue weighted by atomic mass is 10.1. The Hall–Kier alpha value is -1.88. The van der Waals surface area contributed by atoms with Gasteiger partial charge in [0.05, 0.1) is 16.6 Å². The summed E-state index contributed by atoms with van der Waals surface area (Å²) < 4.78 is 7.61. The molecule has 0 bridgehead atoms. The van der Waals surface area contributed by atoms with Gasteiger partial charge in [0.1, 0.15) is 5.82 Å². The maximum atomic E-state index is 11.1. The first-order chi connectivity index (χ1) is 10.6. The topological polar surface area (TPSA) is 64.4 Å². The van der Waals surface area contributed by atoms with E-state index >= 15 is 0 Å². The van der Waals surface area contributed by atoms with Crippen LogP contribution in [0.5, 0.6) is 0 Å². The van der Waals surface area contributed by atoms with Gasteiger partial charge in [0.15, 0.2) is 0 Å². The van der Waals surface area contributed by atoms with E-state index in [1.54, 1.807) is 12.1 Å². The standard InChI is InChI=1S/C17H24N2O3/c1-4-12(3)16-18-14-11-13(17(20)21)7-8-15(14)19(16)9-6-10-22-5-2/h7-8,11-12H,4-6,9-10H2,1-3H3,(H,20,21). The van der Waals surface area contributed by atoms with Crippen LogP contribution in [0, 0.1) is 0 Å². The first kappa shape index (κ1) is 16.5. The summed E-state index contributed by atoms with van der Waals surface area (Å²) in [5, 5.41) is 9.13. The second-order valence-electron chi connectivity index (χ2n) is 5.49. The van der Waals surface area contributed by atoms with Crippen LogP contribution in [0.25, 0.3) is 11.0 Å². The normalized spacial score (nSPS) is 12.7. The molecule has 1 unspecified atom stereocenters. The van der Waals surface area contributed by atoms with Crippen molar-refractivity contribution >= 4 is 17.0 Å². The highest BCUT2D eigenvalue weighted by molar-refractivity contribution is 5.92. The van der Waals surface area contributed by atoms with Gasteiger partial charge < -0.3 is 14.4 Å². The van der Waals surface area contributed by atoms with Gasteiger partial charge in [0.2, 0.25) is 0 Å². The number of aromatic carboxylic acids is 1. The third-order valence-electron chi connectivity index (χ3n) is 3.95. The Morgan fingerprint density at radius 1 is 1.41 bits per heavy atom. The van der Waals surface area contributed by atoms with Gasteiger partial charge in [0.25, 0.3) is 0 Å². The summed E-state index contributed by atoms with van der Waals surface area (Å²) in [5.74, 6) is 0.446. The number of hydrogen-bond donors (Lipinski definition) is 1. The highest BCUT2D eigenvalue weighted by Crippen LogP contribution is 2.25. The SMILES string of the molecule is CCOCCCn1c(C(C)CC)nc2cc(C(=O)O)ccc21. The van der Waals surface area contributed by atoms with E-state index in [2.05, 4.69) is 23.4 Å². The van der Waals surface area contributed by atoms with Crippen LogP contribution in [-0.4, -0.2) is 33.8 Å². The number of rotatable bonds is 8. The number of nitrogens with zero attached hydrogens (tertiary/aromatic N) is 2. The Bertz CT molecular complexity index is 649. The quantitative estimate of drug-likeness (QED) is 0.756. The fraction of sp³-hybridized carbons (Fsp3) is 0.529. The van der Waals surface area contributed by atoms with Gasteiger partial charge in [0, 0.05) is 25.7 Å². The minimum absolute atomic E-state index is 0.280. The van der Waals surface area contributed by atoms with Gasteiger partial charge in [-0.2, -0.15) is 0 Å². The van der Waals surface area contributed by atoms with Crippen molar-refractivity contribution in [2.75, 3.05) is 13.2 Å². The van der Waals surface area contributed by atoms with E-state index in [1.807, 2.05) is 13.0 Å². The van der Waals surface area contributed by atoms with Crippen LogP contribution >= 0.6 is 0 Å². The molecule has 0 fully saturated rings. The van der Waals surface area contributed by atoms with E-state index in [1.165, 1.54) is 0 Å². The first-order valence-electron chi connectivity index (χ1n) is 7.89. The monoisotopic (exact) mass is 304 g/mol. The van der Waals surface area contributed by atoms with Crippen LogP contribution in [0.3, 0.4) is 0 Å². The molecule has 2 rings (SSSR count). The summed E-state index contributed by atoms with van der Waals surface area (Å²) >= 11 is 0. The van der Waals surface area contributed by atoms with Gasteiger partial charge in [-0.25, -0.2) is 9.78 Å². The fourth-order valence-electron chi connectivity index (χ4n) is 2.54. The molecule has 0 saturated heterocycles. The van der Waals surface area contributed by atoms with Gasteiger partial charge in [-0.05, 0) is 38.0 Å². The third kappa shape index (κ3) is 3.47. The summed E-state index contributed by atoms with van der Waals surface area (Å²) in [4.78, 5) is 15.8. The van der Waals surface area contributed by atoms with Crippen LogP contribution in [0.15, 0.2) is 18.2 Å². The van der Waals surface area contributed by atoms with Crippen LogP contribution in [-0.2, 0) is 11.3 Å². The number of ether oxygens (including phenoxy) is 1. The third-order valence-corrected chi connectivity index (χ3v) is 3.95. The van der Waals surface area contributed by atoms with Crippen LogP contribution in [0.1, 0.15) is 55.7 Å². The minimum Gasteiger partial charge on any atom is -0.478 e. The Morgan fingerprint density at radius 2 is 2.18 bits per heavy atom.